The molecule has 1 saturated heterocycles. The standard InChI is InChI=1S/C15H22N2O3S/c1-12-5-3-6-13(9-12)10-16-15(18)14-7-4-8-17(11-14)21(2,19)20/h3,5-6,9,14H,4,7-8,10-11H2,1-2H3,(H,16,18)/t14-/m1/s1. The number of nitrogens with one attached hydrogen (secondary N) is 1. The number of hydrogen-bond acceptors (Lipinski definition) is 3. The normalized spacial score (nSPS) is 20.2. The smallest absolute Gasteiger partial charge is 0.224 e. The Morgan fingerprint density at radius 1 is 1.43 bits per heavy atom. The highest BCUT2D eigenvalue weighted by Crippen LogP contribution is 2.19. The van der Waals surface area contributed by atoms with Crippen molar-refractivity contribution in [3.8, 4) is 0 Å². The number of hydrogen-bond donors (Lipinski definition) is 1. The molecule has 0 saturated carbocycles. The number of carbonyl (C=O) groups is 1. The van der Waals surface area contributed by atoms with E-state index >= 15 is 0 Å². The van der Waals surface area contributed by atoms with Crippen molar-refractivity contribution < 1.29 is 13.2 Å². The summed E-state index contributed by atoms with van der Waals surface area (Å²) in [6.45, 7) is 3.30. The summed E-state index contributed by atoms with van der Waals surface area (Å²) in [6, 6.07) is 7.97. The van der Waals surface area contributed by atoms with E-state index in [-0.39, 0.29) is 11.8 Å². The van der Waals surface area contributed by atoms with Crippen LogP contribution in [0, 0.1) is 12.8 Å². The SMILES string of the molecule is Cc1cccc(CNC(=O)[C@@H]2CCCN(S(C)(=O)=O)C2)c1. The van der Waals surface area contributed by atoms with Gasteiger partial charge in [-0.2, -0.15) is 0 Å². The molecular formula is C15H22N2O3S. The first-order valence-corrected chi connectivity index (χ1v) is 8.99. The Kier molecular flexibility index (Phi) is 5.00. The fourth-order valence-corrected chi connectivity index (χ4v) is 3.52. The molecule has 1 aromatic rings. The molecule has 0 bridgehead atoms. The Morgan fingerprint density at radius 3 is 2.86 bits per heavy atom. The van der Waals surface area contributed by atoms with Crippen molar-refractivity contribution in [2.45, 2.75) is 26.3 Å². The molecule has 116 valence electrons. The van der Waals surface area contributed by atoms with E-state index in [0.717, 1.165) is 24.0 Å². The van der Waals surface area contributed by atoms with Gasteiger partial charge in [0.25, 0.3) is 0 Å². The van der Waals surface area contributed by atoms with Gasteiger partial charge < -0.3 is 5.32 Å². The highest BCUT2D eigenvalue weighted by molar-refractivity contribution is 7.88. The van der Waals surface area contributed by atoms with Crippen molar-refractivity contribution in [2.24, 2.45) is 5.92 Å². The molecule has 5 nitrogen and oxygen atoms in total. The zero-order chi connectivity index (χ0) is 15.5. The first-order valence-electron chi connectivity index (χ1n) is 7.14. The first-order chi connectivity index (χ1) is 9.86. The van der Waals surface area contributed by atoms with Gasteiger partial charge in [-0.1, -0.05) is 29.8 Å². The predicted octanol–water partition coefficient (Wildman–Crippen LogP) is 1.28. The largest absolute Gasteiger partial charge is 0.352 e. The van der Waals surface area contributed by atoms with Gasteiger partial charge in [-0.15, -0.1) is 0 Å². The molecule has 0 radical (unpaired) electrons. The van der Waals surface area contributed by atoms with E-state index in [2.05, 4.69) is 5.32 Å². The number of nitrogens with zero attached hydrogens (tertiary/aromatic N) is 1. The second-order valence-corrected chi connectivity index (χ2v) is 7.65. The Morgan fingerprint density at radius 2 is 2.19 bits per heavy atom. The summed E-state index contributed by atoms with van der Waals surface area (Å²) >= 11 is 0. The summed E-state index contributed by atoms with van der Waals surface area (Å²) in [6.07, 6.45) is 2.67. The van der Waals surface area contributed by atoms with Crippen LogP contribution in [-0.4, -0.2) is 38.0 Å². The molecule has 1 aromatic carbocycles. The van der Waals surface area contributed by atoms with Crippen molar-refractivity contribution in [1.82, 2.24) is 9.62 Å². The van der Waals surface area contributed by atoms with Crippen LogP contribution < -0.4 is 5.32 Å². The lowest BCUT2D eigenvalue weighted by molar-refractivity contribution is -0.126. The monoisotopic (exact) mass is 310 g/mol. The van der Waals surface area contributed by atoms with Crippen LogP contribution in [0.1, 0.15) is 24.0 Å². The molecular weight excluding hydrogens is 288 g/mol. The van der Waals surface area contributed by atoms with E-state index in [1.807, 2.05) is 31.2 Å². The molecule has 1 heterocycles. The van der Waals surface area contributed by atoms with Gasteiger partial charge in [-0.3, -0.25) is 4.79 Å². The third-order valence-corrected chi connectivity index (χ3v) is 5.04. The molecule has 21 heavy (non-hydrogen) atoms. The number of benzene rings is 1. The molecule has 0 aromatic heterocycles. The van der Waals surface area contributed by atoms with Crippen molar-refractivity contribution >= 4 is 15.9 Å². The van der Waals surface area contributed by atoms with Crippen molar-refractivity contribution in [3.63, 3.8) is 0 Å². The molecule has 1 aliphatic rings. The molecule has 6 heteroatoms. The Balaban J connectivity index is 1.91. The number of rotatable bonds is 4. The summed E-state index contributed by atoms with van der Waals surface area (Å²) in [4.78, 5) is 12.2. The van der Waals surface area contributed by atoms with Crippen molar-refractivity contribution in [2.75, 3.05) is 19.3 Å². The molecule has 1 N–H and O–H groups in total. The lowest BCUT2D eigenvalue weighted by Gasteiger charge is -2.30. The molecule has 1 fully saturated rings. The second-order valence-electron chi connectivity index (χ2n) is 5.67. The minimum atomic E-state index is -3.21. The van der Waals surface area contributed by atoms with Crippen molar-refractivity contribution in [3.05, 3.63) is 35.4 Å². The highest BCUT2D eigenvalue weighted by Gasteiger charge is 2.29. The number of sulfonamides is 1. The van der Waals surface area contributed by atoms with Gasteiger partial charge in [-0.05, 0) is 25.3 Å². The minimum Gasteiger partial charge on any atom is -0.352 e. The number of piperidine rings is 1. The molecule has 1 atom stereocenters. The van der Waals surface area contributed by atoms with Crippen LogP contribution in [0.4, 0.5) is 0 Å². The third-order valence-electron chi connectivity index (χ3n) is 3.77. The van der Waals surface area contributed by atoms with Gasteiger partial charge in [0.05, 0.1) is 12.2 Å². The van der Waals surface area contributed by atoms with Gasteiger partial charge in [0, 0.05) is 19.6 Å². The van der Waals surface area contributed by atoms with Gasteiger partial charge in [-0.25, -0.2) is 12.7 Å². The maximum absolute atomic E-state index is 12.2. The Bertz CT molecular complexity index is 613. The van der Waals surface area contributed by atoms with Gasteiger partial charge in [0.2, 0.25) is 15.9 Å². The predicted molar refractivity (Wildman–Crippen MR) is 82.2 cm³/mol. The average molecular weight is 310 g/mol. The summed E-state index contributed by atoms with van der Waals surface area (Å²) in [7, 11) is -3.21. The summed E-state index contributed by atoms with van der Waals surface area (Å²) in [5, 5.41) is 2.91. The van der Waals surface area contributed by atoms with E-state index in [9.17, 15) is 13.2 Å². The Hall–Kier alpha value is -1.40. The van der Waals surface area contributed by atoms with Gasteiger partial charge >= 0.3 is 0 Å². The van der Waals surface area contributed by atoms with Crippen LogP contribution in [0.3, 0.4) is 0 Å². The fraction of sp³-hybridized carbons (Fsp3) is 0.533. The first kappa shape index (κ1) is 16.0. The average Bonchev–Trinajstić information content (AvgIpc) is 2.44. The molecule has 0 aliphatic carbocycles. The van der Waals surface area contributed by atoms with Crippen LogP contribution in [0.15, 0.2) is 24.3 Å². The molecule has 0 unspecified atom stereocenters. The zero-order valence-electron chi connectivity index (χ0n) is 12.5. The maximum atomic E-state index is 12.2. The topological polar surface area (TPSA) is 66.5 Å². The van der Waals surface area contributed by atoms with Crippen LogP contribution >= 0.6 is 0 Å². The number of aryl methyl sites for hydroxylation is 1. The number of carbonyl (C=O) groups excluding carboxylic acids is 1. The lowest BCUT2D eigenvalue weighted by atomic mass is 9.98. The summed E-state index contributed by atoms with van der Waals surface area (Å²) < 4.78 is 24.5. The third kappa shape index (κ3) is 4.54. The molecule has 1 amide bonds. The van der Waals surface area contributed by atoms with E-state index in [1.165, 1.54) is 10.6 Å². The number of amides is 1. The van der Waals surface area contributed by atoms with Crippen LogP contribution in [0.25, 0.3) is 0 Å². The van der Waals surface area contributed by atoms with E-state index in [1.54, 1.807) is 0 Å². The Labute approximate surface area is 126 Å². The lowest BCUT2D eigenvalue weighted by Crippen LogP contribution is -2.44. The second kappa shape index (κ2) is 6.58. The highest BCUT2D eigenvalue weighted by atomic mass is 32.2. The molecule has 1 aliphatic heterocycles. The molecule has 2 rings (SSSR count). The maximum Gasteiger partial charge on any atom is 0.224 e. The molecule has 0 spiro atoms. The van der Waals surface area contributed by atoms with Crippen LogP contribution in [0.5, 0.6) is 0 Å². The fourth-order valence-electron chi connectivity index (χ4n) is 2.61. The van der Waals surface area contributed by atoms with E-state index < -0.39 is 10.0 Å². The van der Waals surface area contributed by atoms with E-state index in [0.29, 0.717) is 19.6 Å². The summed E-state index contributed by atoms with van der Waals surface area (Å²) in [5.74, 6) is -0.317. The van der Waals surface area contributed by atoms with Crippen LogP contribution in [0.2, 0.25) is 0 Å². The van der Waals surface area contributed by atoms with Crippen LogP contribution in [-0.2, 0) is 21.4 Å². The summed E-state index contributed by atoms with van der Waals surface area (Å²) in [5.41, 5.74) is 2.21. The zero-order valence-corrected chi connectivity index (χ0v) is 13.3. The quantitative estimate of drug-likeness (QED) is 0.911. The van der Waals surface area contributed by atoms with Gasteiger partial charge in [0.1, 0.15) is 0 Å². The van der Waals surface area contributed by atoms with Gasteiger partial charge in [0.15, 0.2) is 0 Å². The van der Waals surface area contributed by atoms with Crippen molar-refractivity contribution in [1.29, 1.82) is 0 Å². The minimum absolute atomic E-state index is 0.0649. The van der Waals surface area contributed by atoms with E-state index in [4.69, 9.17) is 0 Å².